The first-order valence-corrected chi connectivity index (χ1v) is 8.65. The predicted molar refractivity (Wildman–Crippen MR) is 98.9 cm³/mol. The van der Waals surface area contributed by atoms with E-state index in [4.69, 9.17) is 0 Å². The van der Waals surface area contributed by atoms with Crippen molar-refractivity contribution >= 4 is 17.7 Å². The number of imide groups is 1. The minimum absolute atomic E-state index is 0.263. The second kappa shape index (κ2) is 6.75. The molecule has 1 unspecified atom stereocenters. The van der Waals surface area contributed by atoms with E-state index in [0.717, 1.165) is 10.5 Å². The molecule has 1 saturated heterocycles. The van der Waals surface area contributed by atoms with Gasteiger partial charge < -0.3 is 5.32 Å². The van der Waals surface area contributed by atoms with Crippen LogP contribution in [0.4, 0.5) is 4.79 Å². The van der Waals surface area contributed by atoms with Crippen molar-refractivity contribution in [2.24, 2.45) is 0 Å². The zero-order chi connectivity index (χ0) is 18.9. The monoisotopic (exact) mass is 350 g/mol. The molecule has 1 heterocycles. The Morgan fingerprint density at radius 1 is 1.04 bits per heavy atom. The van der Waals surface area contributed by atoms with Gasteiger partial charge in [0, 0.05) is 5.56 Å². The molecule has 134 valence electrons. The van der Waals surface area contributed by atoms with Crippen LogP contribution in [0.3, 0.4) is 0 Å². The summed E-state index contributed by atoms with van der Waals surface area (Å²) in [5.41, 5.74) is 1.16. The Hall–Kier alpha value is -2.95. The van der Waals surface area contributed by atoms with E-state index in [1.54, 1.807) is 31.2 Å². The minimum Gasteiger partial charge on any atom is -0.319 e. The maximum atomic E-state index is 12.8. The van der Waals surface area contributed by atoms with Crippen LogP contribution in [0.25, 0.3) is 0 Å². The average Bonchev–Trinajstić information content (AvgIpc) is 2.86. The van der Waals surface area contributed by atoms with E-state index in [0.29, 0.717) is 17.0 Å². The lowest BCUT2D eigenvalue weighted by Crippen LogP contribution is -2.41. The number of benzene rings is 2. The van der Waals surface area contributed by atoms with Crippen LogP contribution < -0.4 is 5.32 Å². The lowest BCUT2D eigenvalue weighted by Gasteiger charge is -2.22. The molecule has 3 amide bonds. The van der Waals surface area contributed by atoms with Gasteiger partial charge in [0.1, 0.15) is 5.54 Å². The van der Waals surface area contributed by atoms with Gasteiger partial charge in [0.05, 0.1) is 6.54 Å². The van der Waals surface area contributed by atoms with E-state index < -0.39 is 17.5 Å². The number of amides is 3. The van der Waals surface area contributed by atoms with E-state index in [-0.39, 0.29) is 12.3 Å². The van der Waals surface area contributed by atoms with Crippen LogP contribution >= 0.6 is 0 Å². The number of hydrogen-bond acceptors (Lipinski definition) is 3. The molecule has 0 radical (unpaired) electrons. The number of ketones is 1. The van der Waals surface area contributed by atoms with Crippen molar-refractivity contribution in [1.82, 2.24) is 10.2 Å². The summed E-state index contributed by atoms with van der Waals surface area (Å²) < 4.78 is 0. The van der Waals surface area contributed by atoms with Crippen LogP contribution in [0.1, 0.15) is 48.2 Å². The molecule has 0 bridgehead atoms. The molecule has 1 aliphatic rings. The van der Waals surface area contributed by atoms with E-state index >= 15 is 0 Å². The van der Waals surface area contributed by atoms with Gasteiger partial charge in [-0.25, -0.2) is 4.79 Å². The Morgan fingerprint density at radius 3 is 2.23 bits per heavy atom. The third kappa shape index (κ3) is 3.12. The maximum Gasteiger partial charge on any atom is 0.325 e. The van der Waals surface area contributed by atoms with Crippen molar-refractivity contribution in [2.75, 3.05) is 6.54 Å². The number of carbonyl (C=O) groups is 3. The Morgan fingerprint density at radius 2 is 1.65 bits per heavy atom. The average molecular weight is 350 g/mol. The van der Waals surface area contributed by atoms with Crippen LogP contribution in [0.5, 0.6) is 0 Å². The zero-order valence-corrected chi connectivity index (χ0v) is 15.2. The van der Waals surface area contributed by atoms with Gasteiger partial charge in [-0.05, 0) is 24.0 Å². The number of carbonyl (C=O) groups excluding carboxylic acids is 3. The minimum atomic E-state index is -1.15. The lowest BCUT2D eigenvalue weighted by molar-refractivity contribution is -0.130. The molecule has 0 aliphatic carbocycles. The molecule has 2 aromatic rings. The third-order valence-corrected chi connectivity index (χ3v) is 4.83. The van der Waals surface area contributed by atoms with Crippen molar-refractivity contribution in [3.05, 3.63) is 71.3 Å². The zero-order valence-electron chi connectivity index (χ0n) is 15.2. The Kier molecular flexibility index (Phi) is 4.64. The van der Waals surface area contributed by atoms with Crippen LogP contribution in [-0.4, -0.2) is 29.2 Å². The van der Waals surface area contributed by atoms with Crippen LogP contribution in [0.15, 0.2) is 54.6 Å². The first kappa shape index (κ1) is 17.9. The molecule has 0 saturated carbocycles. The fraction of sp³-hybridized carbons (Fsp3) is 0.286. The maximum absolute atomic E-state index is 12.8. The summed E-state index contributed by atoms with van der Waals surface area (Å²) in [7, 11) is 0. The molecule has 1 N–H and O–H groups in total. The quantitative estimate of drug-likeness (QED) is 0.663. The van der Waals surface area contributed by atoms with Gasteiger partial charge in [-0.3, -0.25) is 14.5 Å². The van der Waals surface area contributed by atoms with Gasteiger partial charge >= 0.3 is 6.03 Å². The van der Waals surface area contributed by atoms with E-state index in [2.05, 4.69) is 19.2 Å². The van der Waals surface area contributed by atoms with Crippen molar-refractivity contribution in [1.29, 1.82) is 0 Å². The Balaban J connectivity index is 1.78. The number of Topliss-reactive ketones (excluding diaryl/α,β-unsaturated/α-hetero) is 1. The Labute approximate surface area is 153 Å². The third-order valence-electron chi connectivity index (χ3n) is 4.83. The fourth-order valence-electron chi connectivity index (χ4n) is 3.10. The molecule has 1 aliphatic heterocycles. The summed E-state index contributed by atoms with van der Waals surface area (Å²) in [5.74, 6) is -0.307. The summed E-state index contributed by atoms with van der Waals surface area (Å²) >= 11 is 0. The van der Waals surface area contributed by atoms with E-state index in [9.17, 15) is 14.4 Å². The van der Waals surface area contributed by atoms with Gasteiger partial charge in [0.2, 0.25) is 0 Å². The summed E-state index contributed by atoms with van der Waals surface area (Å²) in [6, 6.07) is 15.8. The molecular weight excluding hydrogens is 328 g/mol. The SMILES string of the molecule is CC(C)c1ccc(C(=O)CN2C(=O)NC(C)(c3ccccc3)C2=O)cc1. The number of rotatable bonds is 5. The number of hydrogen-bond donors (Lipinski definition) is 1. The highest BCUT2D eigenvalue weighted by atomic mass is 16.2. The normalized spacial score (nSPS) is 19.8. The molecule has 2 aromatic carbocycles. The van der Waals surface area contributed by atoms with Crippen molar-refractivity contribution in [2.45, 2.75) is 32.2 Å². The smallest absolute Gasteiger partial charge is 0.319 e. The molecular formula is C21H22N2O3. The van der Waals surface area contributed by atoms with E-state index in [1.807, 2.05) is 30.3 Å². The van der Waals surface area contributed by atoms with Crippen molar-refractivity contribution < 1.29 is 14.4 Å². The first-order valence-electron chi connectivity index (χ1n) is 8.65. The van der Waals surface area contributed by atoms with Gasteiger partial charge in [0.25, 0.3) is 5.91 Å². The molecule has 1 atom stereocenters. The first-order chi connectivity index (χ1) is 12.3. The highest BCUT2D eigenvalue weighted by molar-refractivity contribution is 6.11. The standard InChI is InChI=1S/C21H22N2O3/c1-14(2)15-9-11-16(12-10-15)18(24)13-23-19(25)21(3,22-20(23)26)17-7-5-4-6-8-17/h4-12,14H,13H2,1-3H3,(H,22,26). The lowest BCUT2D eigenvalue weighted by atomic mass is 9.92. The van der Waals surface area contributed by atoms with Gasteiger partial charge in [-0.15, -0.1) is 0 Å². The molecule has 0 spiro atoms. The molecule has 1 fully saturated rings. The Bertz CT molecular complexity index is 843. The van der Waals surface area contributed by atoms with E-state index in [1.165, 1.54) is 0 Å². The van der Waals surface area contributed by atoms with Gasteiger partial charge in [-0.1, -0.05) is 68.4 Å². The van der Waals surface area contributed by atoms with Crippen LogP contribution in [-0.2, 0) is 10.3 Å². The summed E-state index contributed by atoms with van der Waals surface area (Å²) in [4.78, 5) is 38.7. The van der Waals surface area contributed by atoms with Crippen LogP contribution in [0, 0.1) is 0 Å². The number of nitrogens with zero attached hydrogens (tertiary/aromatic N) is 1. The largest absolute Gasteiger partial charge is 0.325 e. The highest BCUT2D eigenvalue weighted by Gasteiger charge is 2.49. The highest BCUT2D eigenvalue weighted by Crippen LogP contribution is 2.28. The molecule has 5 heteroatoms. The number of nitrogens with one attached hydrogen (secondary N) is 1. The summed E-state index contributed by atoms with van der Waals surface area (Å²) in [6.07, 6.45) is 0. The second-order valence-electron chi connectivity index (χ2n) is 7.01. The second-order valence-corrected chi connectivity index (χ2v) is 7.01. The van der Waals surface area contributed by atoms with Gasteiger partial charge in [0.15, 0.2) is 5.78 Å². The summed E-state index contributed by atoms with van der Waals surface area (Å²) in [5, 5.41) is 2.71. The van der Waals surface area contributed by atoms with Gasteiger partial charge in [-0.2, -0.15) is 0 Å². The fourth-order valence-corrected chi connectivity index (χ4v) is 3.10. The summed E-state index contributed by atoms with van der Waals surface area (Å²) in [6.45, 7) is 5.54. The molecule has 26 heavy (non-hydrogen) atoms. The van der Waals surface area contributed by atoms with Crippen LogP contribution in [0.2, 0.25) is 0 Å². The molecule has 0 aromatic heterocycles. The van der Waals surface area contributed by atoms with Crippen molar-refractivity contribution in [3.63, 3.8) is 0 Å². The number of urea groups is 1. The molecule has 5 nitrogen and oxygen atoms in total. The molecule has 3 rings (SSSR count). The topological polar surface area (TPSA) is 66.5 Å². The van der Waals surface area contributed by atoms with Crippen molar-refractivity contribution in [3.8, 4) is 0 Å². The predicted octanol–water partition coefficient (Wildman–Crippen LogP) is 3.46.